The number of hydrogen-bond acceptors (Lipinski definition) is 4. The van der Waals surface area contributed by atoms with Crippen LogP contribution in [-0.2, 0) is 4.79 Å². The molecule has 1 aliphatic carbocycles. The van der Waals surface area contributed by atoms with Crippen LogP contribution in [0.15, 0.2) is 12.4 Å². The molecule has 104 valence electrons. The lowest BCUT2D eigenvalue weighted by molar-refractivity contribution is -0.143. The van der Waals surface area contributed by atoms with Crippen molar-refractivity contribution in [1.82, 2.24) is 9.97 Å². The van der Waals surface area contributed by atoms with E-state index in [0.717, 1.165) is 25.0 Å². The van der Waals surface area contributed by atoms with Gasteiger partial charge < -0.3 is 10.4 Å². The number of rotatable bonds is 4. The summed E-state index contributed by atoms with van der Waals surface area (Å²) in [6.07, 6.45) is 5.81. The lowest BCUT2D eigenvalue weighted by Gasteiger charge is -2.34. The van der Waals surface area contributed by atoms with Gasteiger partial charge in [-0.15, -0.1) is 0 Å². The first-order valence-corrected chi connectivity index (χ1v) is 6.87. The van der Waals surface area contributed by atoms with E-state index >= 15 is 0 Å². The molecule has 0 radical (unpaired) electrons. The smallest absolute Gasteiger partial charge is 0.329 e. The molecule has 1 heterocycles. The van der Waals surface area contributed by atoms with Crippen LogP contribution in [0.4, 0.5) is 5.82 Å². The standard InChI is InChI=1S/C14H21N3O2/c1-10(2)11-8-12(16-9-15-11)17-14(13(18)19)6-4-3-5-7-14/h8-10H,3-7H2,1-2H3,(H,18,19)(H,15,16,17). The number of aromatic nitrogens is 2. The van der Waals surface area contributed by atoms with Gasteiger partial charge in [0, 0.05) is 11.8 Å². The van der Waals surface area contributed by atoms with Crippen molar-refractivity contribution in [2.75, 3.05) is 5.32 Å². The molecule has 1 aromatic rings. The molecule has 1 aliphatic rings. The Hall–Kier alpha value is -1.65. The molecule has 2 rings (SSSR count). The van der Waals surface area contributed by atoms with E-state index in [9.17, 15) is 9.90 Å². The number of nitrogens with one attached hydrogen (secondary N) is 1. The van der Waals surface area contributed by atoms with Gasteiger partial charge in [-0.2, -0.15) is 0 Å². The van der Waals surface area contributed by atoms with Crippen LogP contribution in [0.2, 0.25) is 0 Å². The molecule has 0 amide bonds. The van der Waals surface area contributed by atoms with Crippen molar-refractivity contribution in [3.8, 4) is 0 Å². The van der Waals surface area contributed by atoms with Gasteiger partial charge >= 0.3 is 5.97 Å². The predicted molar refractivity (Wildman–Crippen MR) is 73.2 cm³/mol. The molecule has 0 aromatic carbocycles. The van der Waals surface area contributed by atoms with E-state index in [4.69, 9.17) is 0 Å². The van der Waals surface area contributed by atoms with E-state index in [-0.39, 0.29) is 0 Å². The van der Waals surface area contributed by atoms with Crippen molar-refractivity contribution in [3.63, 3.8) is 0 Å². The molecule has 1 fully saturated rings. The Morgan fingerprint density at radius 3 is 2.58 bits per heavy atom. The number of carboxylic acid groups (broad SMARTS) is 1. The number of nitrogens with zero attached hydrogens (tertiary/aromatic N) is 2. The Labute approximate surface area is 113 Å². The molecule has 0 bridgehead atoms. The quantitative estimate of drug-likeness (QED) is 0.873. The van der Waals surface area contributed by atoms with Gasteiger partial charge in [-0.05, 0) is 18.8 Å². The Kier molecular flexibility index (Phi) is 4.02. The maximum Gasteiger partial charge on any atom is 0.329 e. The molecule has 19 heavy (non-hydrogen) atoms. The van der Waals surface area contributed by atoms with Gasteiger partial charge in [0.15, 0.2) is 0 Å². The zero-order valence-electron chi connectivity index (χ0n) is 11.5. The van der Waals surface area contributed by atoms with Gasteiger partial charge in [-0.3, -0.25) is 0 Å². The van der Waals surface area contributed by atoms with Gasteiger partial charge in [0.25, 0.3) is 0 Å². The minimum Gasteiger partial charge on any atom is -0.480 e. The van der Waals surface area contributed by atoms with Gasteiger partial charge in [-0.25, -0.2) is 14.8 Å². The van der Waals surface area contributed by atoms with Crippen molar-refractivity contribution in [2.24, 2.45) is 0 Å². The Bertz CT molecular complexity index is 454. The van der Waals surface area contributed by atoms with Crippen LogP contribution in [0, 0.1) is 0 Å². The second-order valence-electron chi connectivity index (χ2n) is 5.56. The molecule has 2 N–H and O–H groups in total. The molecule has 0 aliphatic heterocycles. The van der Waals surface area contributed by atoms with Gasteiger partial charge in [0.1, 0.15) is 17.7 Å². The molecular weight excluding hydrogens is 242 g/mol. The summed E-state index contributed by atoms with van der Waals surface area (Å²) in [5, 5.41) is 12.7. The fourth-order valence-electron chi connectivity index (χ4n) is 2.55. The number of aliphatic carboxylic acids is 1. The first kappa shape index (κ1) is 13.8. The number of carbonyl (C=O) groups is 1. The van der Waals surface area contributed by atoms with E-state index in [1.807, 2.05) is 6.07 Å². The highest BCUT2D eigenvalue weighted by Gasteiger charge is 2.39. The average molecular weight is 263 g/mol. The third-order valence-corrected chi connectivity index (χ3v) is 3.76. The summed E-state index contributed by atoms with van der Waals surface area (Å²) in [5.41, 5.74) is 0.0646. The third kappa shape index (κ3) is 3.03. The molecule has 1 aromatic heterocycles. The topological polar surface area (TPSA) is 75.1 Å². The highest BCUT2D eigenvalue weighted by Crippen LogP contribution is 2.31. The average Bonchev–Trinajstić information content (AvgIpc) is 2.40. The van der Waals surface area contributed by atoms with E-state index in [2.05, 4.69) is 29.1 Å². The second kappa shape index (κ2) is 5.55. The zero-order valence-corrected chi connectivity index (χ0v) is 11.5. The van der Waals surface area contributed by atoms with E-state index in [0.29, 0.717) is 24.6 Å². The monoisotopic (exact) mass is 263 g/mol. The van der Waals surface area contributed by atoms with Crippen molar-refractivity contribution >= 4 is 11.8 Å². The van der Waals surface area contributed by atoms with E-state index in [1.54, 1.807) is 0 Å². The van der Waals surface area contributed by atoms with Crippen LogP contribution in [0.5, 0.6) is 0 Å². The summed E-state index contributed by atoms with van der Waals surface area (Å²) in [5.74, 6) is 0.135. The maximum absolute atomic E-state index is 11.6. The largest absolute Gasteiger partial charge is 0.480 e. The van der Waals surface area contributed by atoms with Crippen molar-refractivity contribution in [2.45, 2.75) is 57.4 Å². The Balaban J connectivity index is 2.22. The molecule has 5 nitrogen and oxygen atoms in total. The predicted octanol–water partition coefficient (Wildman–Crippen LogP) is 2.80. The SMILES string of the molecule is CC(C)c1cc(NC2(C(=O)O)CCCCC2)ncn1. The highest BCUT2D eigenvalue weighted by molar-refractivity contribution is 5.82. The fourth-order valence-corrected chi connectivity index (χ4v) is 2.55. The van der Waals surface area contributed by atoms with Gasteiger partial charge in [-0.1, -0.05) is 33.1 Å². The molecule has 0 atom stereocenters. The van der Waals surface area contributed by atoms with Crippen molar-refractivity contribution < 1.29 is 9.90 Å². The minimum absolute atomic E-state index is 0.302. The Morgan fingerprint density at radius 1 is 1.32 bits per heavy atom. The number of carboxylic acids is 1. The molecule has 0 spiro atoms. The van der Waals surface area contributed by atoms with Crippen molar-refractivity contribution in [3.05, 3.63) is 18.1 Å². The minimum atomic E-state index is -0.860. The molecule has 0 unspecified atom stereocenters. The van der Waals surface area contributed by atoms with E-state index in [1.165, 1.54) is 6.33 Å². The van der Waals surface area contributed by atoms with Crippen LogP contribution in [0.25, 0.3) is 0 Å². The molecule has 5 heteroatoms. The van der Waals surface area contributed by atoms with Crippen LogP contribution < -0.4 is 5.32 Å². The Morgan fingerprint density at radius 2 is 2.00 bits per heavy atom. The summed E-state index contributed by atoms with van der Waals surface area (Å²) >= 11 is 0. The van der Waals surface area contributed by atoms with E-state index < -0.39 is 11.5 Å². The number of hydrogen-bond donors (Lipinski definition) is 2. The first-order chi connectivity index (χ1) is 9.03. The lowest BCUT2D eigenvalue weighted by atomic mass is 9.81. The molecule has 1 saturated carbocycles. The van der Waals surface area contributed by atoms with Gasteiger partial charge in [0.05, 0.1) is 0 Å². The second-order valence-corrected chi connectivity index (χ2v) is 5.56. The van der Waals surface area contributed by atoms with Gasteiger partial charge in [0.2, 0.25) is 0 Å². The van der Waals surface area contributed by atoms with Crippen LogP contribution in [-0.4, -0.2) is 26.6 Å². The lowest BCUT2D eigenvalue weighted by Crippen LogP contribution is -2.48. The summed E-state index contributed by atoms with van der Waals surface area (Å²) in [6, 6.07) is 1.85. The zero-order chi connectivity index (χ0) is 13.9. The normalized spacial score (nSPS) is 18.3. The summed E-state index contributed by atoms with van der Waals surface area (Å²) in [6.45, 7) is 4.11. The summed E-state index contributed by atoms with van der Waals surface area (Å²) in [7, 11) is 0. The van der Waals surface area contributed by atoms with Crippen LogP contribution in [0.1, 0.15) is 57.6 Å². The third-order valence-electron chi connectivity index (χ3n) is 3.76. The molecule has 0 saturated heterocycles. The van der Waals surface area contributed by atoms with Crippen LogP contribution in [0.3, 0.4) is 0 Å². The summed E-state index contributed by atoms with van der Waals surface area (Å²) < 4.78 is 0. The maximum atomic E-state index is 11.6. The van der Waals surface area contributed by atoms with Crippen molar-refractivity contribution in [1.29, 1.82) is 0 Å². The first-order valence-electron chi connectivity index (χ1n) is 6.87. The number of anilines is 1. The van der Waals surface area contributed by atoms with Crippen LogP contribution >= 0.6 is 0 Å². The summed E-state index contributed by atoms with van der Waals surface area (Å²) in [4.78, 5) is 20.0. The molecular formula is C14H21N3O2. The highest BCUT2D eigenvalue weighted by atomic mass is 16.4. The fraction of sp³-hybridized carbons (Fsp3) is 0.643.